The van der Waals surface area contributed by atoms with Crippen molar-refractivity contribution in [2.75, 3.05) is 18.0 Å². The van der Waals surface area contributed by atoms with Gasteiger partial charge in [-0.3, -0.25) is 4.79 Å². The zero-order valence-corrected chi connectivity index (χ0v) is 15.0. The number of primary amides is 1. The van der Waals surface area contributed by atoms with E-state index in [0.717, 1.165) is 0 Å². The summed E-state index contributed by atoms with van der Waals surface area (Å²) in [6.45, 7) is 0.987. The molecule has 0 aliphatic carbocycles. The molecular formula is C17H19ClN4O5. The Morgan fingerprint density at radius 2 is 2.04 bits per heavy atom. The molecule has 1 aromatic carbocycles. The number of aliphatic hydroxyl groups is 3. The fraction of sp³-hybridized carbons (Fsp3) is 0.353. The van der Waals surface area contributed by atoms with Crippen LogP contribution in [0, 0.1) is 5.92 Å². The summed E-state index contributed by atoms with van der Waals surface area (Å²) >= 11 is 6.06. The molecule has 1 aliphatic rings. The molecule has 0 bridgehead atoms. The molecule has 1 fully saturated rings. The number of amides is 1. The lowest BCUT2D eigenvalue weighted by Gasteiger charge is -2.20. The number of carbonyl (C=O) groups is 1. The van der Waals surface area contributed by atoms with Gasteiger partial charge < -0.3 is 30.7 Å². The third kappa shape index (κ3) is 4.45. The number of halogens is 1. The van der Waals surface area contributed by atoms with Gasteiger partial charge in [0.05, 0.1) is 18.3 Å². The van der Waals surface area contributed by atoms with Crippen molar-refractivity contribution in [2.45, 2.75) is 19.0 Å². The quantitative estimate of drug-likeness (QED) is 0.505. The first kappa shape index (κ1) is 19.3. The van der Waals surface area contributed by atoms with E-state index in [2.05, 4.69) is 9.97 Å². The highest BCUT2D eigenvalue weighted by Crippen LogP contribution is 2.28. The number of nitrogens with zero attached hydrogens (tertiary/aromatic N) is 3. The molecule has 27 heavy (non-hydrogen) atoms. The van der Waals surface area contributed by atoms with Crippen molar-refractivity contribution in [1.82, 2.24) is 9.97 Å². The number of hydrogen-bond donors (Lipinski definition) is 4. The van der Waals surface area contributed by atoms with Crippen molar-refractivity contribution in [2.24, 2.45) is 11.7 Å². The summed E-state index contributed by atoms with van der Waals surface area (Å²) in [7, 11) is 0. The number of anilines is 1. The van der Waals surface area contributed by atoms with Crippen molar-refractivity contribution >= 4 is 23.5 Å². The smallest absolute Gasteiger partial charge is 0.304 e. The Hall–Kier alpha value is -2.46. The molecule has 3 rings (SSSR count). The van der Waals surface area contributed by atoms with Gasteiger partial charge in [-0.2, -0.15) is 0 Å². The van der Waals surface area contributed by atoms with Crippen LogP contribution in [-0.2, 0) is 17.4 Å². The van der Waals surface area contributed by atoms with Gasteiger partial charge in [0.2, 0.25) is 11.9 Å². The van der Waals surface area contributed by atoms with Crippen LogP contribution in [0.1, 0.15) is 17.5 Å². The molecule has 2 heterocycles. The van der Waals surface area contributed by atoms with Crippen molar-refractivity contribution < 1.29 is 24.9 Å². The largest absolute Gasteiger partial charge is 0.486 e. The molecule has 1 saturated heterocycles. The van der Waals surface area contributed by atoms with Gasteiger partial charge in [-0.05, 0) is 12.5 Å². The standard InChI is InChI=1S/C17H19ClN4O5/c18-14-3-1-2-13(17(24,25)26)12(14)9-27-11-6-20-16(21-7-11)22-5-4-10(8-22)15(19)23/h1-3,6-7,10,24-26H,4-5,8-9H2,(H2,19,23)/t10-/m0/s1. The summed E-state index contributed by atoms with van der Waals surface area (Å²) < 4.78 is 5.55. The maximum atomic E-state index is 11.2. The van der Waals surface area contributed by atoms with Crippen LogP contribution in [0.3, 0.4) is 0 Å². The predicted molar refractivity (Wildman–Crippen MR) is 95.7 cm³/mol. The van der Waals surface area contributed by atoms with E-state index in [9.17, 15) is 20.1 Å². The van der Waals surface area contributed by atoms with Crippen molar-refractivity contribution in [3.8, 4) is 5.75 Å². The van der Waals surface area contributed by atoms with E-state index in [1.54, 1.807) is 0 Å². The first-order valence-electron chi connectivity index (χ1n) is 8.20. The second kappa shape index (κ2) is 7.65. The highest BCUT2D eigenvalue weighted by atomic mass is 35.5. The molecule has 1 aromatic heterocycles. The van der Waals surface area contributed by atoms with Crippen LogP contribution in [0.25, 0.3) is 0 Å². The van der Waals surface area contributed by atoms with Gasteiger partial charge in [-0.15, -0.1) is 0 Å². The second-order valence-electron chi connectivity index (χ2n) is 6.24. The van der Waals surface area contributed by atoms with Crippen molar-refractivity contribution in [3.63, 3.8) is 0 Å². The SMILES string of the molecule is NC(=O)[C@H]1CCN(c2ncc(OCc3c(Cl)cccc3C(O)(O)O)cn2)C1. The minimum absolute atomic E-state index is 0.130. The van der Waals surface area contributed by atoms with E-state index in [0.29, 0.717) is 31.2 Å². The molecule has 0 unspecified atom stereocenters. The second-order valence-corrected chi connectivity index (χ2v) is 6.65. The zero-order chi connectivity index (χ0) is 19.6. The Labute approximate surface area is 160 Å². The predicted octanol–water partition coefficient (Wildman–Crippen LogP) is 0.108. The highest BCUT2D eigenvalue weighted by Gasteiger charge is 2.28. The topological polar surface area (TPSA) is 142 Å². The lowest BCUT2D eigenvalue weighted by molar-refractivity contribution is -0.324. The summed E-state index contributed by atoms with van der Waals surface area (Å²) in [6, 6.07) is 4.34. The molecule has 5 N–H and O–H groups in total. The molecule has 1 atom stereocenters. The third-order valence-electron chi connectivity index (χ3n) is 4.35. The Bertz CT molecular complexity index is 825. The summed E-state index contributed by atoms with van der Waals surface area (Å²) in [5.74, 6) is -2.78. The van der Waals surface area contributed by atoms with E-state index in [1.807, 2.05) is 4.90 Å². The number of hydrogen-bond acceptors (Lipinski definition) is 8. The van der Waals surface area contributed by atoms with Crippen LogP contribution in [-0.4, -0.2) is 44.3 Å². The van der Waals surface area contributed by atoms with Crippen LogP contribution in [0.4, 0.5) is 5.95 Å². The van der Waals surface area contributed by atoms with Gasteiger partial charge in [0.15, 0.2) is 5.75 Å². The zero-order valence-electron chi connectivity index (χ0n) is 14.2. The van der Waals surface area contributed by atoms with E-state index in [-0.39, 0.29) is 34.6 Å². The highest BCUT2D eigenvalue weighted by molar-refractivity contribution is 6.31. The fourth-order valence-electron chi connectivity index (χ4n) is 2.90. The Morgan fingerprint density at radius 1 is 1.33 bits per heavy atom. The van der Waals surface area contributed by atoms with E-state index in [1.165, 1.54) is 30.6 Å². The first-order valence-corrected chi connectivity index (χ1v) is 8.57. The van der Waals surface area contributed by atoms with E-state index in [4.69, 9.17) is 22.1 Å². The molecule has 10 heteroatoms. The molecule has 0 radical (unpaired) electrons. The van der Waals surface area contributed by atoms with Gasteiger partial charge in [-0.25, -0.2) is 9.97 Å². The van der Waals surface area contributed by atoms with Crippen LogP contribution in [0.5, 0.6) is 5.75 Å². The number of rotatable bonds is 6. The van der Waals surface area contributed by atoms with Crippen LogP contribution in [0.2, 0.25) is 5.02 Å². The number of ether oxygens (including phenoxy) is 1. The van der Waals surface area contributed by atoms with E-state index >= 15 is 0 Å². The maximum absolute atomic E-state index is 11.2. The lowest BCUT2D eigenvalue weighted by atomic mass is 10.1. The minimum Gasteiger partial charge on any atom is -0.486 e. The Kier molecular flexibility index (Phi) is 5.47. The van der Waals surface area contributed by atoms with Gasteiger partial charge in [0.1, 0.15) is 6.61 Å². The third-order valence-corrected chi connectivity index (χ3v) is 4.71. The minimum atomic E-state index is -3.03. The number of nitrogens with two attached hydrogens (primary N) is 1. The maximum Gasteiger partial charge on any atom is 0.304 e. The average molecular weight is 395 g/mol. The molecule has 1 aliphatic heterocycles. The molecule has 9 nitrogen and oxygen atoms in total. The lowest BCUT2D eigenvalue weighted by Crippen LogP contribution is -2.28. The number of aromatic nitrogens is 2. The Morgan fingerprint density at radius 3 is 2.63 bits per heavy atom. The fourth-order valence-corrected chi connectivity index (χ4v) is 3.13. The number of carbonyl (C=O) groups excluding carboxylic acids is 1. The monoisotopic (exact) mass is 394 g/mol. The van der Waals surface area contributed by atoms with Crippen molar-refractivity contribution in [1.29, 1.82) is 0 Å². The van der Waals surface area contributed by atoms with Crippen LogP contribution < -0.4 is 15.4 Å². The summed E-state index contributed by atoms with van der Waals surface area (Å²) in [6.07, 6.45) is 3.58. The van der Waals surface area contributed by atoms with E-state index < -0.39 is 5.97 Å². The van der Waals surface area contributed by atoms with Crippen LogP contribution >= 0.6 is 11.6 Å². The normalized spacial score (nSPS) is 17.2. The molecule has 2 aromatic rings. The number of benzene rings is 1. The summed E-state index contributed by atoms with van der Waals surface area (Å²) in [5, 5.41) is 28.5. The van der Waals surface area contributed by atoms with Crippen LogP contribution in [0.15, 0.2) is 30.6 Å². The average Bonchev–Trinajstić information content (AvgIpc) is 3.10. The molecule has 144 valence electrons. The Balaban J connectivity index is 1.68. The van der Waals surface area contributed by atoms with Crippen molar-refractivity contribution in [3.05, 3.63) is 46.7 Å². The molecular weight excluding hydrogens is 376 g/mol. The molecule has 1 amide bonds. The van der Waals surface area contributed by atoms with Gasteiger partial charge in [0, 0.05) is 29.2 Å². The molecule has 0 spiro atoms. The first-order chi connectivity index (χ1) is 12.8. The summed E-state index contributed by atoms with van der Waals surface area (Å²) in [4.78, 5) is 21.5. The van der Waals surface area contributed by atoms with Gasteiger partial charge in [-0.1, -0.05) is 23.7 Å². The van der Waals surface area contributed by atoms with Gasteiger partial charge >= 0.3 is 5.97 Å². The molecule has 0 saturated carbocycles. The van der Waals surface area contributed by atoms with Gasteiger partial charge in [0.25, 0.3) is 0 Å². The summed E-state index contributed by atoms with van der Waals surface area (Å²) in [5.41, 5.74) is 5.36.